The molecule has 0 fully saturated rings. The van der Waals surface area contributed by atoms with E-state index in [0.717, 1.165) is 12.1 Å². The summed E-state index contributed by atoms with van der Waals surface area (Å²) in [5.41, 5.74) is 4.55. The van der Waals surface area contributed by atoms with E-state index in [2.05, 4.69) is 10.3 Å². The first kappa shape index (κ1) is 21.2. The minimum absolute atomic E-state index is 0.0650. The highest BCUT2D eigenvalue weighted by Gasteiger charge is 2.23. The lowest BCUT2D eigenvalue weighted by Crippen LogP contribution is -2.21. The van der Waals surface area contributed by atoms with Crippen LogP contribution in [-0.4, -0.2) is 30.8 Å². The van der Waals surface area contributed by atoms with Crippen molar-refractivity contribution in [1.82, 2.24) is 4.98 Å². The number of halogens is 2. The van der Waals surface area contributed by atoms with Crippen molar-refractivity contribution in [1.29, 1.82) is 5.41 Å². The van der Waals surface area contributed by atoms with Crippen LogP contribution in [0.3, 0.4) is 0 Å². The Morgan fingerprint density at radius 1 is 1.32 bits per heavy atom. The first-order valence-corrected chi connectivity index (χ1v) is 9.81. The molecule has 2 aromatic rings. The molecule has 1 amide bonds. The molecule has 0 radical (unpaired) electrons. The van der Waals surface area contributed by atoms with Gasteiger partial charge in [0.15, 0.2) is 5.82 Å². The van der Waals surface area contributed by atoms with Crippen molar-refractivity contribution < 1.29 is 22.0 Å². The van der Waals surface area contributed by atoms with Gasteiger partial charge in [0.25, 0.3) is 5.91 Å². The third-order valence-corrected chi connectivity index (χ3v) is 5.11. The van der Waals surface area contributed by atoms with Crippen LogP contribution in [0.4, 0.5) is 26.0 Å². The Kier molecular flexibility index (Phi) is 6.29. The van der Waals surface area contributed by atoms with Crippen LogP contribution < -0.4 is 15.8 Å². The van der Waals surface area contributed by atoms with Gasteiger partial charge in [0.1, 0.15) is 17.2 Å². The minimum atomic E-state index is -3.83. The second kappa shape index (κ2) is 8.30. The zero-order chi connectivity index (χ0) is 21.1. The average molecular weight is 411 g/mol. The molecular weight excluding hydrogens is 392 g/mol. The summed E-state index contributed by atoms with van der Waals surface area (Å²) >= 11 is 0. The van der Waals surface area contributed by atoms with Crippen molar-refractivity contribution in [3.8, 4) is 0 Å². The summed E-state index contributed by atoms with van der Waals surface area (Å²) in [6.45, 7) is 3.09. The second-order valence-electron chi connectivity index (χ2n) is 5.94. The van der Waals surface area contributed by atoms with Crippen molar-refractivity contribution in [3.63, 3.8) is 0 Å². The number of pyridine rings is 1. The van der Waals surface area contributed by atoms with E-state index in [1.807, 2.05) is 4.72 Å². The molecule has 5 N–H and O–H groups in total. The average Bonchev–Trinajstić information content (AvgIpc) is 2.59. The third kappa shape index (κ3) is 4.80. The monoisotopic (exact) mass is 411 g/mol. The van der Waals surface area contributed by atoms with E-state index in [4.69, 9.17) is 11.1 Å². The lowest BCUT2D eigenvalue weighted by Gasteiger charge is -2.13. The van der Waals surface area contributed by atoms with Crippen LogP contribution in [0.1, 0.15) is 36.2 Å². The van der Waals surface area contributed by atoms with E-state index in [9.17, 15) is 22.0 Å². The van der Waals surface area contributed by atoms with Gasteiger partial charge in [-0.25, -0.2) is 22.2 Å². The Hall–Kier alpha value is -3.08. The lowest BCUT2D eigenvalue weighted by molar-refractivity contribution is 0.101. The summed E-state index contributed by atoms with van der Waals surface area (Å²) in [4.78, 5) is 16.2. The van der Waals surface area contributed by atoms with Crippen LogP contribution in [-0.2, 0) is 10.0 Å². The number of nitrogens with one attached hydrogen (secondary N) is 3. The molecule has 0 aliphatic heterocycles. The SMILES string of the molecule is CCCS(=O)(=O)Nc1ccc(F)c(C(=O)Nc2cnc(N)c(C(C)=N)c2)c1F. The molecule has 11 heteroatoms. The molecule has 150 valence electrons. The zero-order valence-electron chi connectivity index (χ0n) is 15.1. The number of nitrogens with zero attached hydrogens (tertiary/aromatic N) is 1. The van der Waals surface area contributed by atoms with Crippen molar-refractivity contribution in [2.24, 2.45) is 0 Å². The molecule has 1 heterocycles. The van der Waals surface area contributed by atoms with Gasteiger partial charge in [-0.05, 0) is 31.5 Å². The molecule has 0 aliphatic carbocycles. The Balaban J connectivity index is 2.37. The summed E-state index contributed by atoms with van der Waals surface area (Å²) in [6, 6.07) is 3.03. The van der Waals surface area contributed by atoms with Crippen molar-refractivity contribution in [2.45, 2.75) is 20.3 Å². The van der Waals surface area contributed by atoms with E-state index in [1.54, 1.807) is 6.92 Å². The van der Waals surface area contributed by atoms with Crippen molar-refractivity contribution in [3.05, 3.63) is 47.2 Å². The highest BCUT2D eigenvalue weighted by molar-refractivity contribution is 7.92. The van der Waals surface area contributed by atoms with Gasteiger partial charge >= 0.3 is 0 Å². The zero-order valence-corrected chi connectivity index (χ0v) is 16.0. The number of rotatable bonds is 7. The Labute approximate surface area is 160 Å². The van der Waals surface area contributed by atoms with Crippen LogP contribution in [0.2, 0.25) is 0 Å². The summed E-state index contributed by atoms with van der Waals surface area (Å²) in [5.74, 6) is -3.85. The highest BCUT2D eigenvalue weighted by Crippen LogP contribution is 2.24. The Morgan fingerprint density at radius 3 is 2.61 bits per heavy atom. The number of sulfonamides is 1. The normalized spacial score (nSPS) is 11.1. The number of benzene rings is 1. The largest absolute Gasteiger partial charge is 0.383 e. The molecular formula is C17H19F2N5O3S. The summed E-state index contributed by atoms with van der Waals surface area (Å²) < 4.78 is 54.4. The molecule has 0 unspecified atom stereocenters. The van der Waals surface area contributed by atoms with Gasteiger partial charge in [0, 0.05) is 11.3 Å². The second-order valence-corrected chi connectivity index (χ2v) is 7.78. The fraction of sp³-hybridized carbons (Fsp3) is 0.235. The van der Waals surface area contributed by atoms with E-state index in [1.165, 1.54) is 19.2 Å². The smallest absolute Gasteiger partial charge is 0.261 e. The maximum atomic E-state index is 14.6. The molecule has 0 spiro atoms. The van der Waals surface area contributed by atoms with Gasteiger partial charge in [-0.3, -0.25) is 9.52 Å². The fourth-order valence-electron chi connectivity index (χ4n) is 2.36. The minimum Gasteiger partial charge on any atom is -0.383 e. The Bertz CT molecular complexity index is 1040. The molecule has 0 aliphatic rings. The number of hydrogen-bond donors (Lipinski definition) is 4. The molecule has 0 saturated carbocycles. The van der Waals surface area contributed by atoms with Crippen molar-refractivity contribution >= 4 is 38.8 Å². The molecule has 1 aromatic carbocycles. The topological polar surface area (TPSA) is 138 Å². The highest BCUT2D eigenvalue weighted by atomic mass is 32.2. The maximum Gasteiger partial charge on any atom is 0.261 e. The van der Waals surface area contributed by atoms with Crippen LogP contribution in [0.5, 0.6) is 0 Å². The van der Waals surface area contributed by atoms with Crippen LogP contribution in [0.25, 0.3) is 0 Å². The number of hydrogen-bond acceptors (Lipinski definition) is 6. The number of nitrogens with two attached hydrogens (primary N) is 1. The molecule has 0 atom stereocenters. The summed E-state index contributed by atoms with van der Waals surface area (Å²) in [5, 5.41) is 9.88. The lowest BCUT2D eigenvalue weighted by atomic mass is 10.1. The van der Waals surface area contributed by atoms with Gasteiger partial charge in [-0.15, -0.1) is 0 Å². The number of nitrogen functional groups attached to an aromatic ring is 1. The number of anilines is 3. The first-order chi connectivity index (χ1) is 13.1. The Morgan fingerprint density at radius 2 is 2.00 bits per heavy atom. The van der Waals surface area contributed by atoms with Gasteiger partial charge in [0.2, 0.25) is 10.0 Å². The molecule has 1 aromatic heterocycles. The third-order valence-electron chi connectivity index (χ3n) is 3.64. The number of carbonyl (C=O) groups excluding carboxylic acids is 1. The van der Waals surface area contributed by atoms with Crippen LogP contribution in [0.15, 0.2) is 24.4 Å². The van der Waals surface area contributed by atoms with E-state index in [0.29, 0.717) is 6.42 Å². The van der Waals surface area contributed by atoms with Gasteiger partial charge in [-0.2, -0.15) is 0 Å². The quantitative estimate of drug-likeness (QED) is 0.519. The van der Waals surface area contributed by atoms with Gasteiger partial charge < -0.3 is 16.5 Å². The molecule has 0 bridgehead atoms. The first-order valence-electron chi connectivity index (χ1n) is 8.16. The number of amides is 1. The molecule has 2 rings (SSSR count). The van der Waals surface area contributed by atoms with Crippen molar-refractivity contribution in [2.75, 3.05) is 21.5 Å². The predicted molar refractivity (Wildman–Crippen MR) is 103 cm³/mol. The summed E-state index contributed by atoms with van der Waals surface area (Å²) in [7, 11) is -3.83. The van der Waals surface area contributed by atoms with Crippen LogP contribution in [0, 0.1) is 17.0 Å². The van der Waals surface area contributed by atoms with Crippen LogP contribution >= 0.6 is 0 Å². The summed E-state index contributed by atoms with van der Waals surface area (Å²) in [6.07, 6.45) is 1.47. The molecule has 28 heavy (non-hydrogen) atoms. The standard InChI is InChI=1S/C17H19F2N5O3S/c1-3-6-28(26,27)24-13-5-4-12(18)14(15(13)19)17(25)23-10-7-11(9(2)20)16(21)22-8-10/h4-5,7-8,20,24H,3,6H2,1-2H3,(H2,21,22)(H,23,25). The fourth-order valence-corrected chi connectivity index (χ4v) is 3.50. The van der Waals surface area contributed by atoms with Gasteiger partial charge in [-0.1, -0.05) is 6.92 Å². The molecule has 0 saturated heterocycles. The number of carbonyl (C=O) groups is 1. The molecule has 8 nitrogen and oxygen atoms in total. The predicted octanol–water partition coefficient (Wildman–Crippen LogP) is 2.73. The van der Waals surface area contributed by atoms with E-state index >= 15 is 0 Å². The maximum absolute atomic E-state index is 14.6. The van der Waals surface area contributed by atoms with E-state index < -0.39 is 38.8 Å². The van der Waals surface area contributed by atoms with Gasteiger partial charge in [0.05, 0.1) is 23.3 Å². The number of aromatic nitrogens is 1. The van der Waals surface area contributed by atoms with E-state index in [-0.39, 0.29) is 28.5 Å².